The van der Waals surface area contributed by atoms with Gasteiger partial charge in [0.15, 0.2) is 0 Å². The van der Waals surface area contributed by atoms with Crippen LogP contribution in [0.4, 0.5) is 5.82 Å². The second kappa shape index (κ2) is 5.87. The number of halogens is 1. The Hall–Kier alpha value is -1.29. The maximum absolute atomic E-state index is 11.6. The summed E-state index contributed by atoms with van der Waals surface area (Å²) >= 11 is 5.57. The van der Waals surface area contributed by atoms with Crippen LogP contribution in [0.5, 0.6) is 0 Å². The monoisotopic (exact) mass is 253 g/mol. The molecule has 0 atom stereocenters. The number of carbonyl (C=O) groups is 1. The van der Waals surface area contributed by atoms with Gasteiger partial charge in [-0.15, -0.1) is 11.6 Å². The second-order valence-electron chi connectivity index (χ2n) is 3.99. The topological polar surface area (TPSA) is 36.4 Å². The summed E-state index contributed by atoms with van der Waals surface area (Å²) in [4.78, 5) is 20.0. The minimum atomic E-state index is 0.153. The van der Waals surface area contributed by atoms with Crippen LogP contribution >= 0.6 is 11.6 Å². The van der Waals surface area contributed by atoms with Crippen molar-refractivity contribution in [2.24, 2.45) is 0 Å². The molecule has 0 aromatic carbocycles. The van der Waals surface area contributed by atoms with Crippen molar-refractivity contribution in [3.8, 4) is 0 Å². The summed E-state index contributed by atoms with van der Waals surface area (Å²) in [5.41, 5.74) is 0. The van der Waals surface area contributed by atoms with Gasteiger partial charge in [-0.25, -0.2) is 4.98 Å². The number of hydrogen-bond acceptors (Lipinski definition) is 3. The Bertz CT molecular complexity index is 363. The summed E-state index contributed by atoms with van der Waals surface area (Å²) in [5, 5.41) is 0. The van der Waals surface area contributed by atoms with Gasteiger partial charge in [-0.2, -0.15) is 0 Å². The van der Waals surface area contributed by atoms with Crippen molar-refractivity contribution in [1.82, 2.24) is 9.88 Å². The minimum Gasteiger partial charge on any atom is -0.353 e. The highest BCUT2D eigenvalue weighted by Gasteiger charge is 2.20. The van der Waals surface area contributed by atoms with Gasteiger partial charge in [-0.1, -0.05) is 6.07 Å². The van der Waals surface area contributed by atoms with Crippen LogP contribution in [0.2, 0.25) is 0 Å². The van der Waals surface area contributed by atoms with Crippen molar-refractivity contribution in [3.05, 3.63) is 24.4 Å². The van der Waals surface area contributed by atoms with E-state index < -0.39 is 0 Å². The van der Waals surface area contributed by atoms with E-state index in [9.17, 15) is 4.79 Å². The van der Waals surface area contributed by atoms with Crippen LogP contribution in [0.25, 0.3) is 0 Å². The number of pyridine rings is 1. The number of aromatic nitrogens is 1. The lowest BCUT2D eigenvalue weighted by atomic mass is 10.3. The van der Waals surface area contributed by atoms with Crippen molar-refractivity contribution >= 4 is 23.3 Å². The molecule has 1 aliphatic rings. The molecule has 17 heavy (non-hydrogen) atoms. The zero-order chi connectivity index (χ0) is 12.1. The molecule has 1 fully saturated rings. The molecule has 0 N–H and O–H groups in total. The summed E-state index contributed by atoms with van der Waals surface area (Å²) in [6, 6.07) is 5.88. The van der Waals surface area contributed by atoms with E-state index in [-0.39, 0.29) is 5.91 Å². The quantitative estimate of drug-likeness (QED) is 0.764. The van der Waals surface area contributed by atoms with Gasteiger partial charge in [-0.05, 0) is 12.1 Å². The first-order chi connectivity index (χ1) is 8.31. The Kier molecular flexibility index (Phi) is 4.20. The largest absolute Gasteiger partial charge is 0.353 e. The molecule has 0 radical (unpaired) electrons. The lowest BCUT2D eigenvalue weighted by Crippen LogP contribution is -2.49. The second-order valence-corrected chi connectivity index (χ2v) is 4.37. The zero-order valence-electron chi connectivity index (χ0n) is 9.68. The minimum absolute atomic E-state index is 0.153. The highest BCUT2D eigenvalue weighted by Crippen LogP contribution is 2.12. The maximum atomic E-state index is 11.6. The van der Waals surface area contributed by atoms with Crippen molar-refractivity contribution in [3.63, 3.8) is 0 Å². The van der Waals surface area contributed by atoms with Crippen LogP contribution in [0.1, 0.15) is 6.42 Å². The van der Waals surface area contributed by atoms with Gasteiger partial charge in [0, 0.05) is 44.7 Å². The summed E-state index contributed by atoms with van der Waals surface area (Å²) in [5.74, 6) is 1.54. The molecular weight excluding hydrogens is 238 g/mol. The average molecular weight is 254 g/mol. The van der Waals surface area contributed by atoms with E-state index in [1.807, 2.05) is 23.1 Å². The van der Waals surface area contributed by atoms with E-state index in [4.69, 9.17) is 11.6 Å². The standard InChI is InChI=1S/C12H16ClN3O/c13-5-4-12(17)16-9-7-15(8-10-16)11-3-1-2-6-14-11/h1-3,6H,4-5,7-10H2. The van der Waals surface area contributed by atoms with Crippen molar-refractivity contribution < 1.29 is 4.79 Å². The number of anilines is 1. The fourth-order valence-electron chi connectivity index (χ4n) is 1.96. The van der Waals surface area contributed by atoms with Crippen LogP contribution < -0.4 is 4.90 Å². The molecule has 0 bridgehead atoms. The third kappa shape index (κ3) is 3.09. The normalized spacial score (nSPS) is 16.1. The van der Waals surface area contributed by atoms with Crippen molar-refractivity contribution in [2.75, 3.05) is 37.0 Å². The predicted octanol–water partition coefficient (Wildman–Crippen LogP) is 1.36. The lowest BCUT2D eigenvalue weighted by molar-refractivity contribution is -0.131. The number of alkyl halides is 1. The Morgan fingerprint density at radius 1 is 1.29 bits per heavy atom. The predicted molar refractivity (Wildman–Crippen MR) is 68.4 cm³/mol. The molecule has 2 rings (SSSR count). The summed E-state index contributed by atoms with van der Waals surface area (Å²) < 4.78 is 0. The Morgan fingerprint density at radius 2 is 2.06 bits per heavy atom. The van der Waals surface area contributed by atoms with Gasteiger partial charge in [0.25, 0.3) is 0 Å². The Labute approximate surface area is 106 Å². The number of piperazine rings is 1. The third-order valence-corrected chi connectivity index (χ3v) is 3.10. The first-order valence-electron chi connectivity index (χ1n) is 5.81. The molecule has 1 amide bonds. The number of nitrogens with zero attached hydrogens (tertiary/aromatic N) is 3. The third-order valence-electron chi connectivity index (χ3n) is 2.91. The molecule has 5 heteroatoms. The highest BCUT2D eigenvalue weighted by molar-refractivity contribution is 6.18. The fourth-order valence-corrected chi connectivity index (χ4v) is 2.13. The van der Waals surface area contributed by atoms with E-state index in [1.165, 1.54) is 0 Å². The van der Waals surface area contributed by atoms with E-state index in [0.717, 1.165) is 32.0 Å². The Balaban J connectivity index is 1.88. The van der Waals surface area contributed by atoms with Gasteiger partial charge in [0.05, 0.1) is 0 Å². The Morgan fingerprint density at radius 3 is 2.65 bits per heavy atom. The van der Waals surface area contributed by atoms with Crippen LogP contribution in [-0.2, 0) is 4.79 Å². The van der Waals surface area contributed by atoms with Crippen molar-refractivity contribution in [1.29, 1.82) is 0 Å². The zero-order valence-corrected chi connectivity index (χ0v) is 10.4. The van der Waals surface area contributed by atoms with Gasteiger partial charge in [-0.3, -0.25) is 4.79 Å². The van der Waals surface area contributed by atoms with Gasteiger partial charge >= 0.3 is 0 Å². The van der Waals surface area contributed by atoms with Crippen LogP contribution in [0.3, 0.4) is 0 Å². The maximum Gasteiger partial charge on any atom is 0.223 e. The van der Waals surface area contributed by atoms with Gasteiger partial charge < -0.3 is 9.80 Å². The molecule has 0 spiro atoms. The summed E-state index contributed by atoms with van der Waals surface area (Å²) in [7, 11) is 0. The molecule has 0 unspecified atom stereocenters. The number of amides is 1. The average Bonchev–Trinajstić information content (AvgIpc) is 2.40. The molecule has 1 aromatic heterocycles. The molecule has 0 aliphatic carbocycles. The molecular formula is C12H16ClN3O. The molecule has 92 valence electrons. The molecule has 4 nitrogen and oxygen atoms in total. The molecule has 1 aromatic rings. The van der Waals surface area contributed by atoms with Gasteiger partial charge in [0.1, 0.15) is 5.82 Å². The lowest BCUT2D eigenvalue weighted by Gasteiger charge is -2.35. The fraction of sp³-hybridized carbons (Fsp3) is 0.500. The molecule has 2 heterocycles. The SMILES string of the molecule is O=C(CCCl)N1CCN(c2ccccn2)CC1. The van der Waals surface area contributed by atoms with Crippen LogP contribution in [0, 0.1) is 0 Å². The van der Waals surface area contributed by atoms with Crippen LogP contribution in [-0.4, -0.2) is 47.9 Å². The molecule has 1 aliphatic heterocycles. The van der Waals surface area contributed by atoms with Crippen LogP contribution in [0.15, 0.2) is 24.4 Å². The number of carbonyl (C=O) groups excluding carboxylic acids is 1. The highest BCUT2D eigenvalue weighted by atomic mass is 35.5. The first kappa shape index (κ1) is 12.2. The first-order valence-corrected chi connectivity index (χ1v) is 6.34. The summed E-state index contributed by atoms with van der Waals surface area (Å²) in [6.07, 6.45) is 2.23. The smallest absolute Gasteiger partial charge is 0.223 e. The van der Waals surface area contributed by atoms with E-state index in [2.05, 4.69) is 9.88 Å². The number of rotatable bonds is 3. The summed E-state index contributed by atoms with van der Waals surface area (Å²) in [6.45, 7) is 3.19. The molecule has 1 saturated heterocycles. The van der Waals surface area contributed by atoms with E-state index in [0.29, 0.717) is 12.3 Å². The molecule has 0 saturated carbocycles. The van der Waals surface area contributed by atoms with Crippen molar-refractivity contribution in [2.45, 2.75) is 6.42 Å². The van der Waals surface area contributed by atoms with E-state index >= 15 is 0 Å². The van der Waals surface area contributed by atoms with E-state index in [1.54, 1.807) is 6.20 Å². The number of hydrogen-bond donors (Lipinski definition) is 0. The van der Waals surface area contributed by atoms with Gasteiger partial charge in [0.2, 0.25) is 5.91 Å².